The zero-order chi connectivity index (χ0) is 16.3. The maximum atomic E-state index is 13.1. The Kier molecular flexibility index (Phi) is 2.76. The summed E-state index contributed by atoms with van der Waals surface area (Å²) in [5, 5.41) is 0. The van der Waals surface area contributed by atoms with Crippen LogP contribution in [-0.4, -0.2) is 6.29 Å². The van der Waals surface area contributed by atoms with Crippen molar-refractivity contribution in [2.45, 2.75) is 12.2 Å². The molecular formula is C21H13FO2. The highest BCUT2D eigenvalue weighted by atomic mass is 19.1. The Labute approximate surface area is 138 Å². The van der Waals surface area contributed by atoms with Crippen molar-refractivity contribution in [3.63, 3.8) is 0 Å². The molecule has 0 unspecified atom stereocenters. The second-order valence-electron chi connectivity index (χ2n) is 6.25. The number of hydrogen-bond acceptors (Lipinski definition) is 2. The largest absolute Gasteiger partial charge is 0.356 e. The maximum absolute atomic E-state index is 13.1. The van der Waals surface area contributed by atoms with Gasteiger partial charge in [-0.05, 0) is 57.6 Å². The monoisotopic (exact) mass is 316 g/mol. The van der Waals surface area contributed by atoms with Gasteiger partial charge >= 0.3 is 0 Å². The van der Waals surface area contributed by atoms with Gasteiger partial charge in [0.05, 0.1) is 0 Å². The number of ether oxygens (including phenoxy) is 1. The minimum absolute atomic E-state index is 0.0528. The van der Waals surface area contributed by atoms with Crippen molar-refractivity contribution in [3.8, 4) is 11.1 Å². The van der Waals surface area contributed by atoms with Crippen LogP contribution >= 0.6 is 0 Å². The fourth-order valence-corrected chi connectivity index (χ4v) is 3.76. The van der Waals surface area contributed by atoms with Crippen LogP contribution in [0.25, 0.3) is 11.1 Å². The van der Waals surface area contributed by atoms with Crippen LogP contribution in [0.5, 0.6) is 0 Å². The van der Waals surface area contributed by atoms with Crippen molar-refractivity contribution in [2.24, 2.45) is 0 Å². The van der Waals surface area contributed by atoms with Gasteiger partial charge in [-0.3, -0.25) is 4.79 Å². The standard InChI is InChI=1S/C21H13FO2/c22-15-5-2-13(3-6-15)14-4-8-17-19(10-14)21-18-9-12(11-23)1-7-16(18)20(17)24-21/h1-11,20-21H/t20-,21+/m1/s1. The summed E-state index contributed by atoms with van der Waals surface area (Å²) in [7, 11) is 0. The van der Waals surface area contributed by atoms with Crippen LogP contribution in [0.4, 0.5) is 4.39 Å². The molecule has 0 spiro atoms. The Morgan fingerprint density at radius 2 is 1.38 bits per heavy atom. The predicted molar refractivity (Wildman–Crippen MR) is 88.4 cm³/mol. The molecular weight excluding hydrogens is 303 g/mol. The van der Waals surface area contributed by atoms with E-state index in [1.165, 1.54) is 17.7 Å². The average Bonchev–Trinajstić information content (AvgIpc) is 3.18. The van der Waals surface area contributed by atoms with Crippen molar-refractivity contribution >= 4 is 6.29 Å². The Morgan fingerprint density at radius 3 is 2.12 bits per heavy atom. The van der Waals surface area contributed by atoms with Crippen LogP contribution in [0, 0.1) is 5.82 Å². The first-order valence-electron chi connectivity index (χ1n) is 7.89. The van der Waals surface area contributed by atoms with E-state index in [2.05, 4.69) is 18.2 Å². The summed E-state index contributed by atoms with van der Waals surface area (Å²) in [6.07, 6.45) is 0.686. The van der Waals surface area contributed by atoms with Gasteiger partial charge in [-0.1, -0.05) is 36.4 Å². The van der Waals surface area contributed by atoms with E-state index < -0.39 is 0 Å². The molecule has 5 rings (SSSR count). The topological polar surface area (TPSA) is 26.3 Å². The van der Waals surface area contributed by atoms with Crippen LogP contribution in [0.1, 0.15) is 44.8 Å². The van der Waals surface area contributed by atoms with Gasteiger partial charge in [0.15, 0.2) is 0 Å². The molecule has 0 aromatic heterocycles. The van der Waals surface area contributed by atoms with Crippen LogP contribution in [-0.2, 0) is 4.74 Å². The number of rotatable bonds is 2. The van der Waals surface area contributed by atoms with Gasteiger partial charge in [-0.2, -0.15) is 0 Å². The summed E-state index contributed by atoms with van der Waals surface area (Å²) in [6.45, 7) is 0. The van der Waals surface area contributed by atoms with Gasteiger partial charge in [0, 0.05) is 5.56 Å². The normalized spacial score (nSPS) is 19.9. The molecule has 2 heterocycles. The molecule has 2 aliphatic rings. The molecule has 0 aliphatic carbocycles. The van der Waals surface area contributed by atoms with Gasteiger partial charge in [0.25, 0.3) is 0 Å². The number of hydrogen-bond donors (Lipinski definition) is 0. The van der Waals surface area contributed by atoms with E-state index in [1.807, 2.05) is 18.2 Å². The van der Waals surface area contributed by atoms with Crippen molar-refractivity contribution in [2.75, 3.05) is 0 Å². The summed E-state index contributed by atoms with van der Waals surface area (Å²) in [4.78, 5) is 11.1. The van der Waals surface area contributed by atoms with E-state index in [0.717, 1.165) is 34.1 Å². The number of fused-ring (bicyclic) bond motifs is 8. The van der Waals surface area contributed by atoms with Gasteiger partial charge in [0.2, 0.25) is 0 Å². The van der Waals surface area contributed by atoms with E-state index in [0.29, 0.717) is 5.56 Å². The van der Waals surface area contributed by atoms with Gasteiger partial charge in [0.1, 0.15) is 24.3 Å². The summed E-state index contributed by atoms with van der Waals surface area (Å²) in [5.74, 6) is -0.238. The second kappa shape index (κ2) is 4.86. The molecule has 2 nitrogen and oxygen atoms in total. The lowest BCUT2D eigenvalue weighted by molar-refractivity contribution is 0.0857. The Balaban J connectivity index is 1.62. The third-order valence-electron chi connectivity index (χ3n) is 4.91. The van der Waals surface area contributed by atoms with Crippen LogP contribution in [0.2, 0.25) is 0 Å². The van der Waals surface area contributed by atoms with Gasteiger partial charge < -0.3 is 4.74 Å². The van der Waals surface area contributed by atoms with Crippen molar-refractivity contribution < 1.29 is 13.9 Å². The van der Waals surface area contributed by atoms with Crippen molar-refractivity contribution in [1.82, 2.24) is 0 Å². The highest BCUT2D eigenvalue weighted by Gasteiger charge is 2.42. The minimum Gasteiger partial charge on any atom is -0.356 e. The smallest absolute Gasteiger partial charge is 0.150 e. The van der Waals surface area contributed by atoms with E-state index >= 15 is 0 Å². The molecule has 0 radical (unpaired) electrons. The number of benzene rings is 3. The molecule has 2 atom stereocenters. The molecule has 0 fully saturated rings. The number of carbonyl (C=O) groups is 1. The average molecular weight is 316 g/mol. The molecule has 3 heteroatoms. The minimum atomic E-state index is -0.238. The third kappa shape index (κ3) is 1.82. The molecule has 0 amide bonds. The zero-order valence-corrected chi connectivity index (χ0v) is 12.7. The third-order valence-corrected chi connectivity index (χ3v) is 4.91. The summed E-state index contributed by atoms with van der Waals surface area (Å²) in [5.41, 5.74) is 7.22. The summed E-state index contributed by atoms with van der Waals surface area (Å²) >= 11 is 0. The van der Waals surface area contributed by atoms with E-state index in [4.69, 9.17) is 4.74 Å². The predicted octanol–water partition coefficient (Wildman–Crippen LogP) is 4.83. The van der Waals surface area contributed by atoms with Crippen molar-refractivity contribution in [3.05, 3.63) is 94.3 Å². The second-order valence-corrected chi connectivity index (χ2v) is 6.25. The van der Waals surface area contributed by atoms with Gasteiger partial charge in [-0.15, -0.1) is 0 Å². The Bertz CT molecular complexity index is 976. The fraction of sp³-hybridized carbons (Fsp3) is 0.0952. The molecule has 24 heavy (non-hydrogen) atoms. The Hall–Kier alpha value is -2.78. The summed E-state index contributed by atoms with van der Waals surface area (Å²) in [6, 6.07) is 18.5. The number of carbonyl (C=O) groups excluding carboxylic acids is 1. The molecule has 116 valence electrons. The number of aldehydes is 1. The van der Waals surface area contributed by atoms with Crippen LogP contribution in [0.15, 0.2) is 60.7 Å². The highest BCUT2D eigenvalue weighted by molar-refractivity contribution is 5.76. The zero-order valence-electron chi connectivity index (χ0n) is 12.7. The van der Waals surface area contributed by atoms with E-state index in [9.17, 15) is 9.18 Å². The molecule has 0 saturated heterocycles. The van der Waals surface area contributed by atoms with Gasteiger partial charge in [-0.25, -0.2) is 4.39 Å². The maximum Gasteiger partial charge on any atom is 0.150 e. The van der Waals surface area contributed by atoms with Crippen molar-refractivity contribution in [1.29, 1.82) is 0 Å². The summed E-state index contributed by atoms with van der Waals surface area (Å²) < 4.78 is 19.3. The molecule has 2 bridgehead atoms. The quantitative estimate of drug-likeness (QED) is 0.633. The van der Waals surface area contributed by atoms with Crippen LogP contribution in [0.3, 0.4) is 0 Å². The molecule has 3 aromatic rings. The lowest BCUT2D eigenvalue weighted by Gasteiger charge is -2.17. The lowest BCUT2D eigenvalue weighted by atomic mass is 9.84. The van der Waals surface area contributed by atoms with E-state index in [1.54, 1.807) is 12.1 Å². The molecule has 0 saturated carbocycles. The van der Waals surface area contributed by atoms with Crippen LogP contribution < -0.4 is 0 Å². The first kappa shape index (κ1) is 13.6. The first-order chi connectivity index (χ1) is 11.7. The first-order valence-corrected chi connectivity index (χ1v) is 7.89. The molecule has 3 aromatic carbocycles. The number of halogens is 1. The molecule has 0 N–H and O–H groups in total. The Morgan fingerprint density at radius 1 is 0.750 bits per heavy atom. The lowest BCUT2D eigenvalue weighted by Crippen LogP contribution is -2.04. The SMILES string of the molecule is O=Cc1ccc2c(c1)[C@@H]1O[C@H]2c2ccc(-c3ccc(F)cc3)cc21. The fourth-order valence-electron chi connectivity index (χ4n) is 3.76. The van der Waals surface area contributed by atoms with E-state index in [-0.39, 0.29) is 18.0 Å². The highest BCUT2D eigenvalue weighted by Crippen LogP contribution is 2.54. The molecule has 2 aliphatic heterocycles.